The van der Waals surface area contributed by atoms with Gasteiger partial charge < -0.3 is 0 Å². The first-order valence-corrected chi connectivity index (χ1v) is 18.5. The highest BCUT2D eigenvalue weighted by Gasteiger charge is 2.35. The zero-order valence-corrected chi connectivity index (χ0v) is 29.7. The lowest BCUT2D eigenvalue weighted by Crippen LogP contribution is -2.14. The van der Waals surface area contributed by atoms with E-state index in [4.69, 9.17) is 4.98 Å². The molecule has 0 bridgehead atoms. The molecule has 1 nitrogen and oxygen atoms in total. The van der Waals surface area contributed by atoms with E-state index >= 15 is 0 Å². The van der Waals surface area contributed by atoms with Crippen LogP contribution in [0, 0.1) is 0 Å². The van der Waals surface area contributed by atoms with Crippen LogP contribution in [0.2, 0.25) is 0 Å². The second-order valence-electron chi connectivity index (χ2n) is 15.1. The topological polar surface area (TPSA) is 12.9 Å². The lowest BCUT2D eigenvalue weighted by Gasteiger charge is -2.23. The van der Waals surface area contributed by atoms with Crippen LogP contribution in [0.3, 0.4) is 0 Å². The lowest BCUT2D eigenvalue weighted by molar-refractivity contribution is 0.660. The molecule has 0 atom stereocenters. The maximum atomic E-state index is 5.13. The molecule has 0 aliphatic heterocycles. The molecule has 0 unspecified atom stereocenters. The number of para-hydroxylation sites is 2. The van der Waals surface area contributed by atoms with Gasteiger partial charge in [0.05, 0.1) is 11.0 Å². The van der Waals surface area contributed by atoms with E-state index in [2.05, 4.69) is 190 Å². The first-order valence-electron chi connectivity index (χ1n) is 18.5. The third kappa shape index (κ3) is 4.41. The van der Waals surface area contributed by atoms with Crippen LogP contribution in [0.25, 0.3) is 98.6 Å². The van der Waals surface area contributed by atoms with E-state index in [1.807, 2.05) is 0 Å². The van der Waals surface area contributed by atoms with E-state index < -0.39 is 0 Å². The molecule has 0 saturated carbocycles. The monoisotopic (exact) mass is 673 g/mol. The van der Waals surface area contributed by atoms with E-state index in [0.717, 1.165) is 11.0 Å². The van der Waals surface area contributed by atoms with Crippen LogP contribution in [0.4, 0.5) is 0 Å². The third-order valence-corrected chi connectivity index (χ3v) is 11.8. The molecule has 0 saturated heterocycles. The summed E-state index contributed by atoms with van der Waals surface area (Å²) in [5.41, 5.74) is 14.8. The smallest absolute Gasteiger partial charge is 0.0715 e. The van der Waals surface area contributed by atoms with Crippen molar-refractivity contribution < 1.29 is 0 Å². The van der Waals surface area contributed by atoms with Gasteiger partial charge in [-0.25, -0.2) is 4.98 Å². The van der Waals surface area contributed by atoms with Crippen molar-refractivity contribution in [1.82, 2.24) is 4.98 Å². The summed E-state index contributed by atoms with van der Waals surface area (Å²) in [6.07, 6.45) is 0. The molecule has 1 heterocycles. The lowest BCUT2D eigenvalue weighted by atomic mass is 9.80. The van der Waals surface area contributed by atoms with Gasteiger partial charge in [0.25, 0.3) is 0 Å². The van der Waals surface area contributed by atoms with Gasteiger partial charge in [0.15, 0.2) is 0 Å². The third-order valence-electron chi connectivity index (χ3n) is 11.8. The van der Waals surface area contributed by atoms with Crippen molar-refractivity contribution in [2.75, 3.05) is 0 Å². The number of fused-ring (bicyclic) bond motifs is 8. The van der Waals surface area contributed by atoms with Crippen molar-refractivity contribution in [3.05, 3.63) is 187 Å². The number of benzene rings is 9. The minimum atomic E-state index is -0.0986. The van der Waals surface area contributed by atoms with Gasteiger partial charge in [-0.05, 0) is 113 Å². The van der Waals surface area contributed by atoms with E-state index in [1.54, 1.807) is 0 Å². The highest BCUT2D eigenvalue weighted by Crippen LogP contribution is 2.52. The Bertz CT molecular complexity index is 3090. The predicted octanol–water partition coefficient (Wildman–Crippen LogP) is 14.2. The molecule has 248 valence electrons. The van der Waals surface area contributed by atoms with Crippen LogP contribution in [0.5, 0.6) is 0 Å². The molecular formula is C52H35N. The van der Waals surface area contributed by atoms with Crippen molar-refractivity contribution in [1.29, 1.82) is 0 Å². The molecule has 0 amide bonds. The molecule has 1 aliphatic carbocycles. The molecule has 9 aromatic carbocycles. The number of hydrogen-bond acceptors (Lipinski definition) is 1. The van der Waals surface area contributed by atoms with E-state index in [-0.39, 0.29) is 5.41 Å². The summed E-state index contributed by atoms with van der Waals surface area (Å²) < 4.78 is 0. The highest BCUT2D eigenvalue weighted by atomic mass is 14.7. The molecule has 1 aliphatic rings. The Morgan fingerprint density at radius 2 is 0.868 bits per heavy atom. The molecule has 1 heteroatoms. The zero-order valence-electron chi connectivity index (χ0n) is 29.7. The summed E-state index contributed by atoms with van der Waals surface area (Å²) in [5.74, 6) is 0. The molecule has 0 radical (unpaired) electrons. The Kier molecular flexibility index (Phi) is 6.37. The van der Waals surface area contributed by atoms with Gasteiger partial charge >= 0.3 is 0 Å². The first kappa shape index (κ1) is 30.1. The van der Waals surface area contributed by atoms with Crippen molar-refractivity contribution in [2.24, 2.45) is 0 Å². The fraction of sp³-hybridized carbons (Fsp3) is 0.0577. The van der Waals surface area contributed by atoms with Crippen molar-refractivity contribution in [3.8, 4) is 44.5 Å². The second-order valence-corrected chi connectivity index (χ2v) is 15.1. The van der Waals surface area contributed by atoms with Crippen molar-refractivity contribution in [2.45, 2.75) is 19.3 Å². The number of aromatic nitrogens is 1. The van der Waals surface area contributed by atoms with E-state index in [9.17, 15) is 0 Å². The molecule has 10 aromatic rings. The second kappa shape index (κ2) is 11.2. The van der Waals surface area contributed by atoms with Crippen LogP contribution in [-0.2, 0) is 5.41 Å². The number of rotatable bonds is 3. The van der Waals surface area contributed by atoms with Gasteiger partial charge in [-0.1, -0.05) is 159 Å². The Balaban J connectivity index is 1.28. The fourth-order valence-electron chi connectivity index (χ4n) is 9.28. The minimum absolute atomic E-state index is 0.0986. The van der Waals surface area contributed by atoms with Gasteiger partial charge in [-0.2, -0.15) is 0 Å². The number of nitrogens with zero attached hydrogens (tertiary/aromatic N) is 1. The predicted molar refractivity (Wildman–Crippen MR) is 226 cm³/mol. The van der Waals surface area contributed by atoms with Crippen LogP contribution in [-0.4, -0.2) is 4.98 Å². The fourth-order valence-corrected chi connectivity index (χ4v) is 9.28. The molecular weight excluding hydrogens is 639 g/mol. The SMILES string of the molecule is CC1(C)c2ccccc2-c2ccc(-c3c4ccccc4c(-c4c5ccccc5nc5ccccc45)c4ccc(-c5ccc6ccccc6c5)cc34)cc21. The van der Waals surface area contributed by atoms with Crippen LogP contribution < -0.4 is 0 Å². The largest absolute Gasteiger partial charge is 0.248 e. The minimum Gasteiger partial charge on any atom is -0.248 e. The number of hydrogen-bond donors (Lipinski definition) is 0. The van der Waals surface area contributed by atoms with E-state index in [0.29, 0.717) is 0 Å². The first-order chi connectivity index (χ1) is 26.0. The van der Waals surface area contributed by atoms with Gasteiger partial charge in [0.1, 0.15) is 0 Å². The summed E-state index contributed by atoms with van der Waals surface area (Å²) in [6.45, 7) is 4.75. The number of pyridine rings is 1. The Morgan fingerprint density at radius 1 is 0.340 bits per heavy atom. The Labute approximate surface area is 308 Å². The zero-order chi connectivity index (χ0) is 35.3. The highest BCUT2D eigenvalue weighted by molar-refractivity contribution is 6.27. The molecule has 53 heavy (non-hydrogen) atoms. The Hall–Kier alpha value is -6.57. The van der Waals surface area contributed by atoms with Gasteiger partial charge in [-0.15, -0.1) is 0 Å². The average molecular weight is 674 g/mol. The molecule has 11 rings (SSSR count). The quantitative estimate of drug-likeness (QED) is 0.170. The van der Waals surface area contributed by atoms with Crippen molar-refractivity contribution in [3.63, 3.8) is 0 Å². The van der Waals surface area contributed by atoms with Gasteiger partial charge in [0, 0.05) is 21.8 Å². The molecule has 0 N–H and O–H groups in total. The molecule has 1 aromatic heterocycles. The molecule has 0 spiro atoms. The summed E-state index contributed by atoms with van der Waals surface area (Å²) in [4.78, 5) is 5.13. The van der Waals surface area contributed by atoms with Crippen molar-refractivity contribution >= 4 is 54.1 Å². The molecule has 0 fully saturated rings. The maximum Gasteiger partial charge on any atom is 0.0715 e. The standard InChI is InChI=1S/C52H35N/c1-52(2)45-20-10-7-15-37(45)38-27-26-36(31-46(38)52)49-39-16-5-6-17-40(39)50(51-42-18-8-11-21-47(42)53-48-22-12-9-19-43(48)51)41-28-25-35(30-44(41)49)34-24-23-32-13-3-4-14-33(32)29-34/h3-31H,1-2H3. The van der Waals surface area contributed by atoms with Crippen LogP contribution >= 0.6 is 0 Å². The van der Waals surface area contributed by atoms with Crippen LogP contribution in [0.15, 0.2) is 176 Å². The van der Waals surface area contributed by atoms with E-state index in [1.165, 1.54) is 98.7 Å². The van der Waals surface area contributed by atoms with Gasteiger partial charge in [-0.3, -0.25) is 0 Å². The summed E-state index contributed by atoms with van der Waals surface area (Å²) in [7, 11) is 0. The normalized spacial score (nSPS) is 13.2. The van der Waals surface area contributed by atoms with Gasteiger partial charge in [0.2, 0.25) is 0 Å². The summed E-state index contributed by atoms with van der Waals surface area (Å²) in [6, 6.07) is 65.0. The Morgan fingerprint density at radius 3 is 1.64 bits per heavy atom. The summed E-state index contributed by atoms with van der Waals surface area (Å²) in [5, 5.41) is 9.84. The summed E-state index contributed by atoms with van der Waals surface area (Å²) >= 11 is 0. The van der Waals surface area contributed by atoms with Crippen LogP contribution in [0.1, 0.15) is 25.0 Å². The maximum absolute atomic E-state index is 5.13. The average Bonchev–Trinajstić information content (AvgIpc) is 3.44.